The average Bonchev–Trinajstić information content (AvgIpc) is 2.76. The minimum Gasteiger partial charge on any atom is -0.444 e. The molecule has 0 aliphatic rings. The van der Waals surface area contributed by atoms with Crippen LogP contribution < -0.4 is 5.32 Å². The predicted octanol–water partition coefficient (Wildman–Crippen LogP) is 3.06. The zero-order valence-electron chi connectivity index (χ0n) is 10.1. The molecule has 2 rings (SSSR count). The topological polar surface area (TPSA) is 81.2 Å². The molecule has 0 radical (unpaired) electrons. The highest BCUT2D eigenvalue weighted by molar-refractivity contribution is 5.51. The summed E-state index contributed by atoms with van der Waals surface area (Å²) in [6.45, 7) is 3.70. The highest BCUT2D eigenvalue weighted by Crippen LogP contribution is 2.22. The lowest BCUT2D eigenvalue weighted by Crippen LogP contribution is -2.07. The summed E-state index contributed by atoms with van der Waals surface area (Å²) < 4.78 is 5.39. The van der Waals surface area contributed by atoms with Crippen LogP contribution in [-0.2, 0) is 0 Å². The molecule has 2 aromatic rings. The molecule has 1 N–H and O–H groups in total. The van der Waals surface area contributed by atoms with E-state index in [2.05, 4.69) is 10.3 Å². The number of rotatable bonds is 4. The third-order valence-electron chi connectivity index (χ3n) is 2.45. The fourth-order valence-electron chi connectivity index (χ4n) is 1.59. The predicted molar refractivity (Wildman–Crippen MR) is 66.4 cm³/mol. The number of oxazole rings is 1. The van der Waals surface area contributed by atoms with Gasteiger partial charge in [-0.1, -0.05) is 6.07 Å². The Morgan fingerprint density at radius 2 is 2.28 bits per heavy atom. The molecule has 1 aromatic carbocycles. The molecule has 1 aromatic heterocycles. The minimum atomic E-state index is -0.425. The van der Waals surface area contributed by atoms with Gasteiger partial charge in [0.05, 0.1) is 11.1 Å². The van der Waals surface area contributed by atoms with Crippen molar-refractivity contribution >= 4 is 11.4 Å². The number of aryl methyl sites for hydroxylation is 1. The second kappa shape index (κ2) is 4.87. The number of aromatic nitrogens is 1. The fraction of sp³-hybridized carbons (Fsp3) is 0.250. The molecule has 0 spiro atoms. The number of nitro groups is 1. The van der Waals surface area contributed by atoms with Crippen LogP contribution in [0.25, 0.3) is 0 Å². The Kier molecular flexibility index (Phi) is 3.27. The molecular formula is C12H13N3O3. The van der Waals surface area contributed by atoms with E-state index >= 15 is 0 Å². The Bertz CT molecular complexity index is 565. The Balaban J connectivity index is 2.14. The SMILES string of the molecule is Cc1cnc(C(C)Nc2cccc([N+](=O)[O-])c2)o1. The summed E-state index contributed by atoms with van der Waals surface area (Å²) in [6.07, 6.45) is 1.64. The van der Waals surface area contributed by atoms with Crippen LogP contribution in [0.5, 0.6) is 0 Å². The van der Waals surface area contributed by atoms with Gasteiger partial charge in [-0.15, -0.1) is 0 Å². The molecule has 18 heavy (non-hydrogen) atoms. The number of nitrogens with one attached hydrogen (secondary N) is 1. The highest BCUT2D eigenvalue weighted by atomic mass is 16.6. The van der Waals surface area contributed by atoms with Gasteiger partial charge in [0.1, 0.15) is 11.8 Å². The highest BCUT2D eigenvalue weighted by Gasteiger charge is 2.12. The van der Waals surface area contributed by atoms with Crippen molar-refractivity contribution in [2.75, 3.05) is 5.32 Å². The Morgan fingerprint density at radius 3 is 2.89 bits per heavy atom. The number of nitrogens with zero attached hydrogens (tertiary/aromatic N) is 2. The van der Waals surface area contributed by atoms with Gasteiger partial charge in [0.25, 0.3) is 5.69 Å². The van der Waals surface area contributed by atoms with E-state index in [0.717, 1.165) is 5.76 Å². The third-order valence-corrected chi connectivity index (χ3v) is 2.45. The molecule has 0 amide bonds. The van der Waals surface area contributed by atoms with Crippen molar-refractivity contribution in [1.82, 2.24) is 4.98 Å². The quantitative estimate of drug-likeness (QED) is 0.663. The monoisotopic (exact) mass is 247 g/mol. The molecule has 94 valence electrons. The van der Waals surface area contributed by atoms with Crippen LogP contribution in [0.1, 0.15) is 24.6 Å². The van der Waals surface area contributed by atoms with E-state index in [-0.39, 0.29) is 11.7 Å². The van der Waals surface area contributed by atoms with Gasteiger partial charge in [-0.05, 0) is 19.9 Å². The molecule has 0 saturated carbocycles. The first-order valence-electron chi connectivity index (χ1n) is 5.49. The molecule has 6 nitrogen and oxygen atoms in total. The van der Waals surface area contributed by atoms with Crippen molar-refractivity contribution < 1.29 is 9.34 Å². The van der Waals surface area contributed by atoms with Crippen molar-refractivity contribution in [2.45, 2.75) is 19.9 Å². The smallest absolute Gasteiger partial charge is 0.271 e. The van der Waals surface area contributed by atoms with Gasteiger partial charge in [-0.3, -0.25) is 10.1 Å². The van der Waals surface area contributed by atoms with Crippen LogP contribution in [0, 0.1) is 17.0 Å². The zero-order valence-corrected chi connectivity index (χ0v) is 10.1. The van der Waals surface area contributed by atoms with E-state index in [9.17, 15) is 10.1 Å². The van der Waals surface area contributed by atoms with Crippen LogP contribution >= 0.6 is 0 Å². The molecule has 0 bridgehead atoms. The largest absolute Gasteiger partial charge is 0.444 e. The van der Waals surface area contributed by atoms with E-state index in [1.54, 1.807) is 18.3 Å². The summed E-state index contributed by atoms with van der Waals surface area (Å²) in [6, 6.07) is 6.17. The van der Waals surface area contributed by atoms with E-state index in [1.807, 2.05) is 13.8 Å². The van der Waals surface area contributed by atoms with Crippen LogP contribution in [0.2, 0.25) is 0 Å². The molecule has 0 fully saturated rings. The standard InChI is InChI=1S/C12H13N3O3/c1-8-7-13-12(18-8)9(2)14-10-4-3-5-11(6-10)15(16)17/h3-7,9,14H,1-2H3. The maximum atomic E-state index is 10.7. The number of benzene rings is 1. The van der Waals surface area contributed by atoms with Gasteiger partial charge < -0.3 is 9.73 Å². The molecule has 1 heterocycles. The van der Waals surface area contributed by atoms with E-state index < -0.39 is 4.92 Å². The number of hydrogen-bond donors (Lipinski definition) is 1. The maximum Gasteiger partial charge on any atom is 0.271 e. The van der Waals surface area contributed by atoms with Crippen molar-refractivity contribution in [1.29, 1.82) is 0 Å². The van der Waals surface area contributed by atoms with Crippen LogP contribution in [0.3, 0.4) is 0 Å². The second-order valence-corrected chi connectivity index (χ2v) is 3.98. The summed E-state index contributed by atoms with van der Waals surface area (Å²) in [5, 5.41) is 13.8. The summed E-state index contributed by atoms with van der Waals surface area (Å²) in [5.41, 5.74) is 0.711. The summed E-state index contributed by atoms with van der Waals surface area (Å²) >= 11 is 0. The molecule has 6 heteroatoms. The number of non-ortho nitro benzene ring substituents is 1. The Hall–Kier alpha value is -2.37. The van der Waals surface area contributed by atoms with Crippen molar-refractivity contribution in [2.24, 2.45) is 0 Å². The molecule has 0 aliphatic carbocycles. The van der Waals surface area contributed by atoms with Gasteiger partial charge >= 0.3 is 0 Å². The lowest BCUT2D eigenvalue weighted by molar-refractivity contribution is -0.384. The molecular weight excluding hydrogens is 234 g/mol. The van der Waals surface area contributed by atoms with Crippen LogP contribution in [0.4, 0.5) is 11.4 Å². The average molecular weight is 247 g/mol. The summed E-state index contributed by atoms with van der Waals surface area (Å²) in [4.78, 5) is 14.3. The van der Waals surface area contributed by atoms with E-state index in [1.165, 1.54) is 12.1 Å². The minimum absolute atomic E-state index is 0.0517. The number of hydrogen-bond acceptors (Lipinski definition) is 5. The first kappa shape index (κ1) is 12.1. The zero-order chi connectivity index (χ0) is 13.1. The van der Waals surface area contributed by atoms with Crippen LogP contribution in [0.15, 0.2) is 34.9 Å². The van der Waals surface area contributed by atoms with Gasteiger partial charge in [0.2, 0.25) is 5.89 Å². The third kappa shape index (κ3) is 2.65. The van der Waals surface area contributed by atoms with E-state index in [0.29, 0.717) is 11.6 Å². The second-order valence-electron chi connectivity index (χ2n) is 3.98. The maximum absolute atomic E-state index is 10.7. The van der Waals surface area contributed by atoms with Crippen molar-refractivity contribution in [3.8, 4) is 0 Å². The molecule has 0 saturated heterocycles. The normalized spacial score (nSPS) is 12.1. The summed E-state index contributed by atoms with van der Waals surface area (Å²) in [5.74, 6) is 1.29. The lowest BCUT2D eigenvalue weighted by atomic mass is 10.2. The van der Waals surface area contributed by atoms with E-state index in [4.69, 9.17) is 4.42 Å². The Labute approximate surface area is 104 Å². The molecule has 1 unspecified atom stereocenters. The van der Waals surface area contributed by atoms with Crippen molar-refractivity contribution in [3.63, 3.8) is 0 Å². The summed E-state index contributed by atoms with van der Waals surface area (Å²) in [7, 11) is 0. The van der Waals surface area contributed by atoms with Gasteiger partial charge in [0.15, 0.2) is 0 Å². The van der Waals surface area contributed by atoms with Gasteiger partial charge in [0, 0.05) is 17.8 Å². The fourth-order valence-corrected chi connectivity index (χ4v) is 1.59. The number of nitro benzene ring substituents is 1. The van der Waals surface area contributed by atoms with Gasteiger partial charge in [-0.2, -0.15) is 0 Å². The molecule has 0 aliphatic heterocycles. The molecule has 1 atom stereocenters. The van der Waals surface area contributed by atoms with Gasteiger partial charge in [-0.25, -0.2) is 4.98 Å². The first-order valence-corrected chi connectivity index (χ1v) is 5.49. The Morgan fingerprint density at radius 1 is 1.50 bits per heavy atom. The number of anilines is 1. The lowest BCUT2D eigenvalue weighted by Gasteiger charge is -2.11. The van der Waals surface area contributed by atoms with Crippen molar-refractivity contribution in [3.05, 3.63) is 52.2 Å². The first-order chi connectivity index (χ1) is 8.56. The van der Waals surface area contributed by atoms with Crippen LogP contribution in [-0.4, -0.2) is 9.91 Å².